The third kappa shape index (κ3) is 4.05. The van der Waals surface area contributed by atoms with E-state index in [-0.39, 0.29) is 30.0 Å². The zero-order chi connectivity index (χ0) is 18.6. The van der Waals surface area contributed by atoms with Crippen molar-refractivity contribution < 1.29 is 9.59 Å². The first-order valence-corrected chi connectivity index (χ1v) is 9.76. The summed E-state index contributed by atoms with van der Waals surface area (Å²) in [5.41, 5.74) is 0.174. The van der Waals surface area contributed by atoms with E-state index in [4.69, 9.17) is 5.26 Å². The average molecular weight is 361 g/mol. The van der Waals surface area contributed by atoms with Crippen LogP contribution in [0, 0.1) is 16.6 Å². The van der Waals surface area contributed by atoms with Gasteiger partial charge >= 0.3 is 0 Å². The van der Waals surface area contributed by atoms with Crippen molar-refractivity contribution in [2.24, 2.45) is 5.41 Å². The molecule has 1 N–H and O–H groups in total. The maximum absolute atomic E-state index is 13.1. The van der Waals surface area contributed by atoms with Crippen LogP contribution in [0.5, 0.6) is 0 Å². The van der Waals surface area contributed by atoms with Crippen LogP contribution in [0.2, 0.25) is 12.6 Å². The van der Waals surface area contributed by atoms with Crippen LogP contribution >= 0.6 is 12.6 Å². The highest BCUT2D eigenvalue weighted by atomic mass is 32.1. The van der Waals surface area contributed by atoms with Gasteiger partial charge in [0.1, 0.15) is 6.04 Å². The van der Waals surface area contributed by atoms with Crippen LogP contribution < -0.4 is 5.32 Å². The fraction of sp³-hybridized carbons (Fsp3) is 0.722. The first kappa shape index (κ1) is 19.9. The number of carbonyl (C=O) groups excluding carboxylic acids is 2. The molecular weight excluding hydrogens is 333 g/mol. The summed E-state index contributed by atoms with van der Waals surface area (Å²) in [4.78, 5) is 27.4. The quantitative estimate of drug-likeness (QED) is 0.433. The summed E-state index contributed by atoms with van der Waals surface area (Å²) in [5, 5.41) is 11.9. The Morgan fingerprint density at radius 3 is 2.68 bits per heavy atom. The molecule has 0 saturated carbocycles. The van der Waals surface area contributed by atoms with Crippen molar-refractivity contribution in [1.82, 2.24) is 10.2 Å². The fourth-order valence-electron chi connectivity index (χ4n) is 3.87. The van der Waals surface area contributed by atoms with Gasteiger partial charge in [0.15, 0.2) is 0 Å². The third-order valence-electron chi connectivity index (χ3n) is 6.10. The monoisotopic (exact) mass is 361 g/mol. The molecule has 1 aliphatic carbocycles. The number of rotatable bonds is 6. The number of nitriles is 1. The molecule has 2 aliphatic rings. The minimum absolute atomic E-state index is 0.0181. The normalized spacial score (nSPS) is 23.3. The Hall–Kier alpha value is -1.42. The molecule has 7 heteroatoms. The molecule has 1 saturated heterocycles. The highest BCUT2D eigenvalue weighted by molar-refractivity contribution is 7.80. The second-order valence-electron chi connectivity index (χ2n) is 7.48. The molecule has 0 aromatic rings. The molecule has 0 aromatic heterocycles. The number of nitrogens with one attached hydrogen (secondary N) is 1. The molecule has 2 rings (SSSR count). The molecule has 25 heavy (non-hydrogen) atoms. The van der Waals surface area contributed by atoms with Crippen LogP contribution in [0.15, 0.2) is 12.2 Å². The number of hydrogen-bond acceptors (Lipinski definition) is 4. The van der Waals surface area contributed by atoms with Crippen LogP contribution in [0.4, 0.5) is 0 Å². The number of nitrogens with zero attached hydrogens (tertiary/aromatic N) is 2. The van der Waals surface area contributed by atoms with E-state index in [1.165, 1.54) is 0 Å². The van der Waals surface area contributed by atoms with Gasteiger partial charge in [-0.1, -0.05) is 25.9 Å². The summed E-state index contributed by atoms with van der Waals surface area (Å²) < 4.78 is 0. The molecule has 136 valence electrons. The summed E-state index contributed by atoms with van der Waals surface area (Å²) in [6, 6.07) is -0.393. The van der Waals surface area contributed by atoms with E-state index < -0.39 is 11.9 Å². The Morgan fingerprint density at radius 1 is 1.48 bits per heavy atom. The summed E-state index contributed by atoms with van der Waals surface area (Å²) in [7, 11) is 0. The summed E-state index contributed by atoms with van der Waals surface area (Å²) in [6.45, 7) is 5.93. The number of thiol groups is 1. The van der Waals surface area contributed by atoms with Crippen LogP contribution in [-0.2, 0) is 9.59 Å². The fourth-order valence-corrected chi connectivity index (χ4v) is 4.13. The Labute approximate surface area is 156 Å². The van der Waals surface area contributed by atoms with E-state index in [2.05, 4.69) is 43.0 Å². The molecule has 5 nitrogen and oxygen atoms in total. The zero-order valence-corrected chi connectivity index (χ0v) is 16.3. The van der Waals surface area contributed by atoms with Crippen LogP contribution in [0.3, 0.4) is 0 Å². The maximum Gasteiger partial charge on any atom is 0.276 e. The third-order valence-corrected chi connectivity index (χ3v) is 6.36. The number of carbonyl (C=O) groups is 2. The van der Waals surface area contributed by atoms with Gasteiger partial charge < -0.3 is 10.2 Å². The number of likely N-dealkylation sites (tertiary alicyclic amines) is 1. The van der Waals surface area contributed by atoms with Crippen LogP contribution in [0.1, 0.15) is 39.5 Å². The van der Waals surface area contributed by atoms with E-state index in [0.29, 0.717) is 12.2 Å². The Morgan fingerprint density at radius 2 is 2.12 bits per heavy atom. The minimum atomic E-state index is -0.565. The largest absolute Gasteiger partial charge is 0.345 e. The lowest BCUT2D eigenvalue weighted by Gasteiger charge is -2.34. The van der Waals surface area contributed by atoms with Gasteiger partial charge in [0.2, 0.25) is 11.8 Å². The van der Waals surface area contributed by atoms with Crippen molar-refractivity contribution in [3.8, 4) is 5.97 Å². The molecule has 0 bridgehead atoms. The number of amides is 2. The van der Waals surface area contributed by atoms with Gasteiger partial charge in [-0.3, -0.25) is 9.59 Å². The Balaban J connectivity index is 2.05. The first-order chi connectivity index (χ1) is 11.9. The highest BCUT2D eigenvalue weighted by Gasteiger charge is 2.47. The van der Waals surface area contributed by atoms with E-state index >= 15 is 0 Å². The average Bonchev–Trinajstić information content (AvgIpc) is 3.21. The first-order valence-electron chi connectivity index (χ1n) is 9.12. The molecule has 1 fully saturated rings. The van der Waals surface area contributed by atoms with E-state index in [9.17, 15) is 9.59 Å². The van der Waals surface area contributed by atoms with Crippen molar-refractivity contribution >= 4 is 31.2 Å². The SMILES string of the molecule is CB(C#N)[C@@H](C)C(=O)NC(CCS)C(=O)N1CCC2(CC=CC2)C1C. The minimum Gasteiger partial charge on any atom is -0.345 e. The predicted molar refractivity (Wildman–Crippen MR) is 104 cm³/mol. The summed E-state index contributed by atoms with van der Waals surface area (Å²) >= 11 is 4.25. The van der Waals surface area contributed by atoms with Crippen LogP contribution in [0.25, 0.3) is 0 Å². The molecule has 3 atom stereocenters. The topological polar surface area (TPSA) is 73.2 Å². The highest BCUT2D eigenvalue weighted by Crippen LogP contribution is 2.46. The van der Waals surface area contributed by atoms with E-state index in [0.717, 1.165) is 25.8 Å². The molecule has 0 radical (unpaired) electrons. The second-order valence-corrected chi connectivity index (χ2v) is 7.93. The van der Waals surface area contributed by atoms with Crippen LogP contribution in [-0.4, -0.2) is 47.8 Å². The van der Waals surface area contributed by atoms with Gasteiger partial charge in [-0.25, -0.2) is 5.26 Å². The smallest absolute Gasteiger partial charge is 0.276 e. The van der Waals surface area contributed by atoms with Gasteiger partial charge in [0, 0.05) is 24.4 Å². The molecule has 1 spiro atoms. The lowest BCUT2D eigenvalue weighted by Crippen LogP contribution is -2.52. The second kappa shape index (κ2) is 8.31. The Kier molecular flexibility index (Phi) is 6.62. The maximum atomic E-state index is 13.1. The van der Waals surface area contributed by atoms with Crippen molar-refractivity contribution in [3.05, 3.63) is 12.2 Å². The van der Waals surface area contributed by atoms with Gasteiger partial charge in [0.25, 0.3) is 6.71 Å². The lowest BCUT2D eigenvalue weighted by atomic mass is 9.44. The molecule has 1 heterocycles. The van der Waals surface area contributed by atoms with Gasteiger partial charge in [-0.2, -0.15) is 12.6 Å². The predicted octanol–water partition coefficient (Wildman–Crippen LogP) is 2.33. The molecule has 0 aromatic carbocycles. The van der Waals surface area contributed by atoms with Gasteiger partial charge in [-0.15, -0.1) is 0 Å². The van der Waals surface area contributed by atoms with Crippen molar-refractivity contribution in [1.29, 1.82) is 5.26 Å². The summed E-state index contributed by atoms with van der Waals surface area (Å²) in [6.07, 6.45) is 7.98. The molecular formula is C18H28BN3O2S. The van der Waals surface area contributed by atoms with E-state index in [1.54, 1.807) is 13.7 Å². The molecule has 2 unspecified atom stereocenters. The lowest BCUT2D eigenvalue weighted by molar-refractivity contribution is -0.137. The zero-order valence-electron chi connectivity index (χ0n) is 15.4. The molecule has 2 amide bonds. The van der Waals surface area contributed by atoms with Crippen molar-refractivity contribution in [2.45, 2.75) is 64.3 Å². The standard InChI is InChI=1S/C18H28BN3O2S/c1-13(19(3)12-20)16(23)21-15(6-11-25)17(24)22-10-9-18(14(22)2)7-4-5-8-18/h4-5,13-15,25H,6-11H2,1-3H3,(H,21,23)/t13-,14?,15?/m0/s1. The van der Waals surface area contributed by atoms with Gasteiger partial charge in [-0.05, 0) is 43.8 Å². The number of allylic oxidation sites excluding steroid dienone is 2. The van der Waals surface area contributed by atoms with Crippen molar-refractivity contribution in [3.63, 3.8) is 0 Å². The van der Waals surface area contributed by atoms with Crippen molar-refractivity contribution in [2.75, 3.05) is 12.3 Å². The van der Waals surface area contributed by atoms with Gasteiger partial charge in [0.05, 0.1) is 0 Å². The molecule has 1 aliphatic heterocycles. The number of hydrogen-bond donors (Lipinski definition) is 2. The Bertz CT molecular complexity index is 581. The summed E-state index contributed by atoms with van der Waals surface area (Å²) in [5.74, 6) is 1.92. The van der Waals surface area contributed by atoms with E-state index in [1.807, 2.05) is 4.90 Å².